The predicted octanol–water partition coefficient (Wildman–Crippen LogP) is 4.44. The summed E-state index contributed by atoms with van der Waals surface area (Å²) in [5, 5.41) is 7.73. The number of benzene rings is 2. The number of pyridine rings is 1. The Morgan fingerprint density at radius 3 is 2.38 bits per heavy atom. The molecule has 1 aliphatic rings. The van der Waals surface area contributed by atoms with Crippen molar-refractivity contribution in [3.8, 4) is 0 Å². The zero-order valence-corrected chi connectivity index (χ0v) is 16.4. The molecule has 2 heterocycles. The Morgan fingerprint density at radius 2 is 1.66 bits per heavy atom. The summed E-state index contributed by atoms with van der Waals surface area (Å²) in [7, 11) is 0. The van der Waals surface area contributed by atoms with E-state index in [2.05, 4.69) is 26.6 Å². The maximum Gasteiger partial charge on any atom is 0.255 e. The number of hydrogen-bond acceptors (Lipinski definition) is 4. The molecule has 29 heavy (non-hydrogen) atoms. The third-order valence-electron chi connectivity index (χ3n) is 5.21. The van der Waals surface area contributed by atoms with Gasteiger partial charge in [-0.25, -0.2) is 0 Å². The topological polar surface area (TPSA) is 74.3 Å². The van der Waals surface area contributed by atoms with Crippen LogP contribution in [0.4, 0.5) is 17.1 Å². The van der Waals surface area contributed by atoms with E-state index in [-0.39, 0.29) is 11.8 Å². The van der Waals surface area contributed by atoms with Crippen LogP contribution < -0.4 is 15.5 Å². The summed E-state index contributed by atoms with van der Waals surface area (Å²) >= 11 is 0. The Kier molecular flexibility index (Phi) is 5.42. The molecule has 0 bridgehead atoms. The minimum absolute atomic E-state index is 0.144. The van der Waals surface area contributed by atoms with Gasteiger partial charge in [0.1, 0.15) is 0 Å². The molecule has 2 N–H and O–H groups in total. The molecule has 0 radical (unpaired) electrons. The number of anilines is 3. The molecule has 2 aromatic carbocycles. The van der Waals surface area contributed by atoms with Crippen LogP contribution in [0.3, 0.4) is 0 Å². The molecular weight excluding hydrogens is 364 g/mol. The lowest BCUT2D eigenvalue weighted by Gasteiger charge is -2.30. The minimum atomic E-state index is -0.199. The fourth-order valence-corrected chi connectivity index (χ4v) is 3.80. The van der Waals surface area contributed by atoms with E-state index in [1.165, 1.54) is 31.9 Å². The highest BCUT2D eigenvalue weighted by Crippen LogP contribution is 2.33. The molecule has 148 valence electrons. The number of rotatable bonds is 4. The molecule has 0 atom stereocenters. The van der Waals surface area contributed by atoms with E-state index in [4.69, 9.17) is 0 Å². The molecule has 1 aromatic heterocycles. The van der Waals surface area contributed by atoms with Gasteiger partial charge in [0.15, 0.2) is 0 Å². The predicted molar refractivity (Wildman–Crippen MR) is 117 cm³/mol. The van der Waals surface area contributed by atoms with Crippen molar-refractivity contribution in [2.75, 3.05) is 28.6 Å². The average Bonchev–Trinajstić information content (AvgIpc) is 2.74. The first-order valence-corrected chi connectivity index (χ1v) is 9.92. The van der Waals surface area contributed by atoms with Crippen LogP contribution in [0, 0.1) is 0 Å². The second kappa shape index (κ2) is 8.31. The number of carbonyl (C=O) groups excluding carboxylic acids is 2. The highest BCUT2D eigenvalue weighted by Gasteiger charge is 2.16. The molecule has 1 fully saturated rings. The summed E-state index contributed by atoms with van der Waals surface area (Å²) in [5.41, 5.74) is 3.12. The fraction of sp³-hybridized carbons (Fsp3) is 0.261. The van der Waals surface area contributed by atoms with Crippen molar-refractivity contribution in [2.24, 2.45) is 0 Å². The van der Waals surface area contributed by atoms with Gasteiger partial charge in [0, 0.05) is 60.1 Å². The fourth-order valence-electron chi connectivity index (χ4n) is 3.80. The summed E-state index contributed by atoms with van der Waals surface area (Å²) in [4.78, 5) is 30.6. The Hall–Kier alpha value is -3.41. The van der Waals surface area contributed by atoms with E-state index in [0.717, 1.165) is 29.5 Å². The van der Waals surface area contributed by atoms with Crippen LogP contribution in [0.15, 0.2) is 54.9 Å². The number of nitrogens with zero attached hydrogens (tertiary/aromatic N) is 2. The summed E-state index contributed by atoms with van der Waals surface area (Å²) in [6.07, 6.45) is 7.30. The van der Waals surface area contributed by atoms with Crippen LogP contribution in [0.25, 0.3) is 10.8 Å². The molecule has 0 unspecified atom stereocenters. The lowest BCUT2D eigenvalue weighted by atomic mass is 10.0. The van der Waals surface area contributed by atoms with Gasteiger partial charge in [-0.3, -0.25) is 14.6 Å². The van der Waals surface area contributed by atoms with E-state index in [0.29, 0.717) is 11.3 Å². The van der Waals surface area contributed by atoms with Crippen molar-refractivity contribution in [2.45, 2.75) is 26.2 Å². The highest BCUT2D eigenvalue weighted by molar-refractivity contribution is 6.11. The van der Waals surface area contributed by atoms with Gasteiger partial charge in [-0.15, -0.1) is 0 Å². The Balaban J connectivity index is 1.59. The highest BCUT2D eigenvalue weighted by atomic mass is 16.2. The van der Waals surface area contributed by atoms with Crippen molar-refractivity contribution in [3.05, 3.63) is 60.4 Å². The van der Waals surface area contributed by atoms with E-state index < -0.39 is 0 Å². The van der Waals surface area contributed by atoms with Gasteiger partial charge < -0.3 is 15.5 Å². The summed E-state index contributed by atoms with van der Waals surface area (Å²) in [6, 6.07) is 12.9. The lowest BCUT2D eigenvalue weighted by molar-refractivity contribution is -0.114. The molecule has 2 amide bonds. The molecule has 0 saturated carbocycles. The van der Waals surface area contributed by atoms with Gasteiger partial charge in [0.2, 0.25) is 5.91 Å². The Labute approximate surface area is 169 Å². The summed E-state index contributed by atoms with van der Waals surface area (Å²) in [6.45, 7) is 3.57. The van der Waals surface area contributed by atoms with E-state index in [1.807, 2.05) is 12.1 Å². The summed E-state index contributed by atoms with van der Waals surface area (Å²) in [5.74, 6) is -0.342. The van der Waals surface area contributed by atoms with Gasteiger partial charge in [-0.2, -0.15) is 0 Å². The maximum absolute atomic E-state index is 12.7. The molecule has 4 rings (SSSR count). The third-order valence-corrected chi connectivity index (χ3v) is 5.21. The quantitative estimate of drug-likeness (QED) is 0.693. The number of hydrogen-bond donors (Lipinski definition) is 2. The molecule has 1 aliphatic heterocycles. The first-order valence-electron chi connectivity index (χ1n) is 9.92. The first-order chi connectivity index (χ1) is 14.1. The van der Waals surface area contributed by atoms with Crippen molar-refractivity contribution >= 4 is 39.6 Å². The van der Waals surface area contributed by atoms with E-state index in [1.54, 1.807) is 36.7 Å². The zero-order chi connectivity index (χ0) is 20.2. The Bertz CT molecular complexity index is 1040. The Morgan fingerprint density at radius 1 is 0.897 bits per heavy atom. The van der Waals surface area contributed by atoms with Crippen LogP contribution in [-0.2, 0) is 4.79 Å². The van der Waals surface area contributed by atoms with Crippen molar-refractivity contribution in [1.29, 1.82) is 0 Å². The average molecular weight is 388 g/mol. The monoisotopic (exact) mass is 388 g/mol. The van der Waals surface area contributed by atoms with Crippen molar-refractivity contribution in [1.82, 2.24) is 4.98 Å². The zero-order valence-electron chi connectivity index (χ0n) is 16.4. The SMILES string of the molecule is CC(=O)Nc1ccc(C(=O)Nc2ccc(N3CCCCC3)c3ccncc23)cc1. The number of piperidine rings is 1. The first kappa shape index (κ1) is 18.9. The smallest absolute Gasteiger partial charge is 0.255 e. The molecule has 6 heteroatoms. The number of aromatic nitrogens is 1. The minimum Gasteiger partial charge on any atom is -0.371 e. The van der Waals surface area contributed by atoms with Crippen LogP contribution in [-0.4, -0.2) is 29.9 Å². The number of amides is 2. The van der Waals surface area contributed by atoms with Gasteiger partial charge in [-0.1, -0.05) is 0 Å². The second-order valence-corrected chi connectivity index (χ2v) is 7.31. The molecule has 0 aliphatic carbocycles. The lowest BCUT2D eigenvalue weighted by Crippen LogP contribution is -2.29. The molecule has 1 saturated heterocycles. The standard InChI is InChI=1S/C23H24N4O2/c1-16(28)25-18-7-5-17(6-8-18)23(29)26-21-9-10-22(27-13-3-2-4-14-27)19-11-12-24-15-20(19)21/h5-12,15H,2-4,13-14H2,1H3,(H,25,28)(H,26,29). The second-order valence-electron chi connectivity index (χ2n) is 7.31. The third kappa shape index (κ3) is 4.21. The molecule has 6 nitrogen and oxygen atoms in total. The van der Waals surface area contributed by atoms with Crippen LogP contribution in [0.1, 0.15) is 36.5 Å². The maximum atomic E-state index is 12.7. The largest absolute Gasteiger partial charge is 0.371 e. The molecule has 0 spiro atoms. The number of carbonyl (C=O) groups is 2. The van der Waals surface area contributed by atoms with Crippen molar-refractivity contribution < 1.29 is 9.59 Å². The van der Waals surface area contributed by atoms with Crippen LogP contribution in [0.5, 0.6) is 0 Å². The van der Waals surface area contributed by atoms with Gasteiger partial charge in [0.25, 0.3) is 5.91 Å². The molecule has 3 aromatic rings. The molecular formula is C23H24N4O2. The van der Waals surface area contributed by atoms with Crippen LogP contribution in [0.2, 0.25) is 0 Å². The van der Waals surface area contributed by atoms with E-state index in [9.17, 15) is 9.59 Å². The van der Waals surface area contributed by atoms with Crippen LogP contribution >= 0.6 is 0 Å². The summed E-state index contributed by atoms with van der Waals surface area (Å²) < 4.78 is 0. The normalized spacial score (nSPS) is 13.9. The van der Waals surface area contributed by atoms with Gasteiger partial charge in [0.05, 0.1) is 5.69 Å². The number of fused-ring (bicyclic) bond motifs is 1. The van der Waals surface area contributed by atoms with Gasteiger partial charge >= 0.3 is 0 Å². The van der Waals surface area contributed by atoms with Crippen molar-refractivity contribution in [3.63, 3.8) is 0 Å². The number of nitrogens with one attached hydrogen (secondary N) is 2. The van der Waals surface area contributed by atoms with E-state index >= 15 is 0 Å². The van der Waals surface area contributed by atoms with Gasteiger partial charge in [-0.05, 0) is 61.7 Å².